The van der Waals surface area contributed by atoms with Crippen LogP contribution in [0.1, 0.15) is 57.6 Å². The number of fused-ring (bicyclic) bond motifs is 8. The van der Waals surface area contributed by atoms with Crippen molar-refractivity contribution < 1.29 is 38.0 Å². The van der Waals surface area contributed by atoms with Gasteiger partial charge in [0.2, 0.25) is 13.6 Å². The van der Waals surface area contributed by atoms with Crippen LogP contribution >= 0.6 is 24.8 Å². The highest BCUT2D eigenvalue weighted by Crippen LogP contribution is 2.43. The van der Waals surface area contributed by atoms with Gasteiger partial charge in [-0.15, -0.1) is 24.8 Å². The molecule has 4 aliphatic rings. The van der Waals surface area contributed by atoms with E-state index in [1.807, 2.05) is 84.9 Å². The summed E-state index contributed by atoms with van der Waals surface area (Å²) >= 11 is 0. The Hall–Kier alpha value is -5.40. The summed E-state index contributed by atoms with van der Waals surface area (Å²) in [4.78, 5) is 31.7. The van der Waals surface area contributed by atoms with Crippen molar-refractivity contribution in [2.24, 2.45) is 0 Å². The largest absolute Gasteiger partial charge is 0.469 e. The average Bonchev–Trinajstić information content (AvgIpc) is 4.01. The van der Waals surface area contributed by atoms with Gasteiger partial charge in [-0.2, -0.15) is 0 Å². The lowest BCUT2D eigenvalue weighted by Crippen LogP contribution is -2.37. The van der Waals surface area contributed by atoms with Crippen molar-refractivity contribution in [3.05, 3.63) is 119 Å². The van der Waals surface area contributed by atoms with Crippen LogP contribution in [0.2, 0.25) is 0 Å². The minimum atomic E-state index is -0.337. The number of aromatic amines is 2. The number of carbonyl (C=O) groups is 2. The number of nitrogens with one attached hydrogen (secondary N) is 4. The molecule has 4 aromatic carbocycles. The van der Waals surface area contributed by atoms with Gasteiger partial charge in [0.05, 0.1) is 38.1 Å². The van der Waals surface area contributed by atoms with Gasteiger partial charge in [0, 0.05) is 46.3 Å². The lowest BCUT2D eigenvalue weighted by molar-refractivity contribution is -0.143. The van der Waals surface area contributed by atoms with Crippen LogP contribution in [0.15, 0.2) is 84.9 Å². The fourth-order valence-corrected chi connectivity index (χ4v) is 7.90. The summed E-state index contributed by atoms with van der Waals surface area (Å²) < 4.78 is 31.9. The molecule has 4 aliphatic heterocycles. The molecule has 0 unspecified atom stereocenters. The number of benzene rings is 4. The Balaban J connectivity index is 0.000000161. The highest BCUT2D eigenvalue weighted by Gasteiger charge is 2.38. The maximum atomic E-state index is 12.4. The number of para-hydroxylation sites is 2. The van der Waals surface area contributed by atoms with Gasteiger partial charge in [-0.25, -0.2) is 0 Å². The quantitative estimate of drug-likeness (QED) is 0.146. The van der Waals surface area contributed by atoms with Crippen molar-refractivity contribution in [2.45, 2.75) is 23.9 Å². The molecule has 6 aromatic rings. The Morgan fingerprint density at radius 2 is 0.981 bits per heavy atom. The molecule has 4 atom stereocenters. The van der Waals surface area contributed by atoms with E-state index in [1.165, 1.54) is 14.2 Å². The third-order valence-electron chi connectivity index (χ3n) is 10.3. The smallest absolute Gasteiger partial charge is 0.314 e. The third kappa shape index (κ3) is 6.24. The predicted molar refractivity (Wildman–Crippen MR) is 205 cm³/mol. The number of aromatic nitrogens is 2. The molecule has 0 aliphatic carbocycles. The van der Waals surface area contributed by atoms with Crippen LogP contribution in [0.3, 0.4) is 0 Å². The lowest BCUT2D eigenvalue weighted by Gasteiger charge is -2.29. The number of hydrogen-bond acceptors (Lipinski definition) is 10. The summed E-state index contributed by atoms with van der Waals surface area (Å²) in [6.45, 7) is 1.53. The summed E-state index contributed by atoms with van der Waals surface area (Å²) in [5, 5.41) is 9.08. The molecule has 4 N–H and O–H groups in total. The first-order chi connectivity index (χ1) is 25.5. The van der Waals surface area contributed by atoms with E-state index in [-0.39, 0.29) is 74.3 Å². The molecule has 0 amide bonds. The summed E-state index contributed by atoms with van der Waals surface area (Å²) in [6.07, 6.45) is 0. The number of esters is 2. The first-order valence-electron chi connectivity index (χ1n) is 17.1. The summed E-state index contributed by atoms with van der Waals surface area (Å²) in [7, 11) is 2.86. The molecule has 0 spiro atoms. The molecule has 14 heteroatoms. The molecule has 6 heterocycles. The Kier molecular flexibility index (Phi) is 10.4. The van der Waals surface area contributed by atoms with E-state index in [0.717, 1.165) is 78.4 Å². The second-order valence-corrected chi connectivity index (χ2v) is 13.1. The standard InChI is InChI=1S/2C20H18N2O4.2ClH/c2*1-24-20(23)13-9-21-18(11-6-7-15-16(8-11)26-10-25-15)19-17(13)12-4-2-3-5-14(12)22-19;;/h2*2-8,13,18,21-22H,9-10H2,1H3;2*1H/t2*13-,18+;;/m10../s1. The molecule has 10 rings (SSSR count). The molecule has 280 valence electrons. The zero-order valence-electron chi connectivity index (χ0n) is 29.3. The molecule has 0 saturated heterocycles. The second-order valence-electron chi connectivity index (χ2n) is 13.1. The fourth-order valence-electron chi connectivity index (χ4n) is 7.90. The van der Waals surface area contributed by atoms with Gasteiger partial charge in [0.1, 0.15) is 0 Å². The molecular weight excluding hydrogens is 735 g/mol. The van der Waals surface area contributed by atoms with Crippen LogP contribution in [0, 0.1) is 0 Å². The van der Waals surface area contributed by atoms with E-state index in [4.69, 9.17) is 28.4 Å². The van der Waals surface area contributed by atoms with Gasteiger partial charge in [-0.05, 0) is 58.7 Å². The molecule has 0 fully saturated rings. The highest BCUT2D eigenvalue weighted by molar-refractivity contribution is 5.93. The summed E-state index contributed by atoms with van der Waals surface area (Å²) in [6, 6.07) is 27.9. The molecule has 54 heavy (non-hydrogen) atoms. The lowest BCUT2D eigenvalue weighted by atomic mass is 9.87. The zero-order valence-corrected chi connectivity index (χ0v) is 30.9. The molecule has 12 nitrogen and oxygen atoms in total. The normalized spacial score (nSPS) is 20.0. The van der Waals surface area contributed by atoms with Crippen molar-refractivity contribution in [3.8, 4) is 23.0 Å². The topological polar surface area (TPSA) is 145 Å². The van der Waals surface area contributed by atoms with Gasteiger partial charge < -0.3 is 49.0 Å². The van der Waals surface area contributed by atoms with Crippen molar-refractivity contribution in [3.63, 3.8) is 0 Å². The monoisotopic (exact) mass is 772 g/mol. The first kappa shape index (κ1) is 36.9. The van der Waals surface area contributed by atoms with Gasteiger partial charge in [0.25, 0.3) is 0 Å². The van der Waals surface area contributed by atoms with Crippen LogP contribution in [0.5, 0.6) is 23.0 Å². The average molecular weight is 774 g/mol. The third-order valence-corrected chi connectivity index (χ3v) is 10.3. The number of ether oxygens (including phenoxy) is 6. The Morgan fingerprint density at radius 3 is 1.41 bits per heavy atom. The van der Waals surface area contributed by atoms with Crippen molar-refractivity contribution in [2.75, 3.05) is 40.9 Å². The maximum absolute atomic E-state index is 12.4. The van der Waals surface area contributed by atoms with E-state index in [1.54, 1.807) is 0 Å². The van der Waals surface area contributed by atoms with E-state index in [9.17, 15) is 9.59 Å². The van der Waals surface area contributed by atoms with Gasteiger partial charge in [-0.1, -0.05) is 48.5 Å². The summed E-state index contributed by atoms with van der Waals surface area (Å²) in [5.74, 6) is 1.88. The van der Waals surface area contributed by atoms with E-state index in [0.29, 0.717) is 13.1 Å². The van der Waals surface area contributed by atoms with Crippen LogP contribution in [-0.2, 0) is 19.1 Å². The van der Waals surface area contributed by atoms with E-state index < -0.39 is 0 Å². The molecule has 0 radical (unpaired) electrons. The number of H-pyrrole nitrogens is 2. The number of hydrogen-bond donors (Lipinski definition) is 4. The van der Waals surface area contributed by atoms with Crippen molar-refractivity contribution >= 4 is 58.6 Å². The minimum Gasteiger partial charge on any atom is -0.469 e. The van der Waals surface area contributed by atoms with Crippen molar-refractivity contribution in [1.29, 1.82) is 0 Å². The van der Waals surface area contributed by atoms with Gasteiger partial charge in [0.15, 0.2) is 23.0 Å². The Morgan fingerprint density at radius 1 is 0.574 bits per heavy atom. The number of halogens is 2. The predicted octanol–water partition coefficient (Wildman–Crippen LogP) is 6.54. The minimum absolute atomic E-state index is 0. The second kappa shape index (κ2) is 15.2. The highest BCUT2D eigenvalue weighted by atomic mass is 35.5. The number of carbonyl (C=O) groups excluding carboxylic acids is 2. The molecule has 0 saturated carbocycles. The number of methoxy groups -OCH3 is 2. The van der Waals surface area contributed by atoms with Gasteiger partial charge in [-0.3, -0.25) is 9.59 Å². The molecule has 0 bridgehead atoms. The maximum Gasteiger partial charge on any atom is 0.314 e. The van der Waals surface area contributed by atoms with E-state index >= 15 is 0 Å². The van der Waals surface area contributed by atoms with Crippen LogP contribution in [0.25, 0.3) is 21.8 Å². The van der Waals surface area contributed by atoms with Crippen molar-refractivity contribution in [1.82, 2.24) is 20.6 Å². The van der Waals surface area contributed by atoms with Crippen LogP contribution in [-0.4, -0.2) is 62.8 Å². The summed E-state index contributed by atoms with van der Waals surface area (Å²) in [5.41, 5.74) is 8.15. The zero-order chi connectivity index (χ0) is 35.3. The van der Waals surface area contributed by atoms with Gasteiger partial charge >= 0.3 is 11.9 Å². The van der Waals surface area contributed by atoms with E-state index in [2.05, 4.69) is 20.6 Å². The molecule has 2 aromatic heterocycles. The fraction of sp³-hybridized carbons (Fsp3) is 0.250. The Labute approximate surface area is 322 Å². The molecular formula is C40H38Cl2N4O8. The Bertz CT molecular complexity index is 2200. The van der Waals surface area contributed by atoms with Crippen LogP contribution < -0.4 is 29.6 Å². The first-order valence-corrected chi connectivity index (χ1v) is 17.1. The number of rotatable bonds is 4. The SMILES string of the molecule is COC(=O)[C@@H]1CN[C@@H](c2ccc3c(c2)OCO3)c2[nH]c3ccccc3c21.COC(=O)[C@H]1CN[C@H](c2ccc3c(c2)OCO3)c2[nH]c3ccccc3c21.Cl.Cl. The van der Waals surface area contributed by atoms with Crippen LogP contribution in [0.4, 0.5) is 0 Å².